The highest BCUT2D eigenvalue weighted by atomic mass is 19.1. The molecule has 1 amide bonds. The fourth-order valence-corrected chi connectivity index (χ4v) is 3.45. The molecular weight excluding hydrogens is 311 g/mol. The van der Waals surface area contributed by atoms with Crippen LogP contribution in [0.1, 0.15) is 12.0 Å². The topological polar surface area (TPSA) is 50.8 Å². The Labute approximate surface area is 142 Å². The third-order valence-corrected chi connectivity index (χ3v) is 4.84. The van der Waals surface area contributed by atoms with Gasteiger partial charge in [0.15, 0.2) is 0 Å². The number of ether oxygens (including phenoxy) is 2. The number of amides is 1. The molecule has 132 valence electrons. The minimum absolute atomic E-state index is 0.0731. The zero-order chi connectivity index (χ0) is 16.8. The number of nitrogens with zero attached hydrogens (tertiary/aromatic N) is 1. The standard InChI is InChI=1S/C18H25FN2O3/c19-16-4-2-1-3-14(16)11-18(22)20-12-17(15-5-8-24-13-15)21-6-9-23-10-7-21/h1-4,15,17H,5-13H2,(H,20,22)/t15-,17+/m0/s1. The number of morpholine rings is 1. The predicted octanol–water partition coefficient (Wildman–Crippen LogP) is 1.22. The van der Waals surface area contributed by atoms with Crippen molar-refractivity contribution in [2.24, 2.45) is 5.92 Å². The summed E-state index contributed by atoms with van der Waals surface area (Å²) < 4.78 is 24.6. The maximum absolute atomic E-state index is 13.7. The first-order valence-electron chi connectivity index (χ1n) is 8.63. The first-order valence-corrected chi connectivity index (χ1v) is 8.63. The van der Waals surface area contributed by atoms with E-state index in [2.05, 4.69) is 10.2 Å². The molecule has 2 fully saturated rings. The number of benzene rings is 1. The van der Waals surface area contributed by atoms with Crippen LogP contribution >= 0.6 is 0 Å². The summed E-state index contributed by atoms with van der Waals surface area (Å²) in [6.45, 7) is 5.32. The van der Waals surface area contributed by atoms with Gasteiger partial charge in [0.25, 0.3) is 0 Å². The Hall–Kier alpha value is -1.50. The lowest BCUT2D eigenvalue weighted by Gasteiger charge is -2.37. The minimum Gasteiger partial charge on any atom is -0.381 e. The highest BCUT2D eigenvalue weighted by Gasteiger charge is 2.31. The van der Waals surface area contributed by atoms with E-state index in [0.717, 1.165) is 45.9 Å². The Bertz CT molecular complexity index is 543. The summed E-state index contributed by atoms with van der Waals surface area (Å²) in [5, 5.41) is 2.99. The number of carbonyl (C=O) groups is 1. The van der Waals surface area contributed by atoms with Gasteiger partial charge >= 0.3 is 0 Å². The molecular formula is C18H25FN2O3. The molecule has 0 aromatic heterocycles. The third kappa shape index (κ3) is 4.53. The molecule has 0 saturated carbocycles. The van der Waals surface area contributed by atoms with E-state index in [-0.39, 0.29) is 24.2 Å². The van der Waals surface area contributed by atoms with Gasteiger partial charge < -0.3 is 14.8 Å². The van der Waals surface area contributed by atoms with E-state index in [1.807, 2.05) is 0 Å². The summed E-state index contributed by atoms with van der Waals surface area (Å²) in [4.78, 5) is 14.6. The summed E-state index contributed by atoms with van der Waals surface area (Å²) in [7, 11) is 0. The van der Waals surface area contributed by atoms with Crippen LogP contribution in [-0.4, -0.2) is 62.9 Å². The van der Waals surface area contributed by atoms with Crippen LogP contribution in [0.4, 0.5) is 4.39 Å². The highest BCUT2D eigenvalue weighted by molar-refractivity contribution is 5.78. The quantitative estimate of drug-likeness (QED) is 0.849. The normalized spacial score (nSPS) is 23.1. The van der Waals surface area contributed by atoms with E-state index in [4.69, 9.17) is 9.47 Å². The zero-order valence-corrected chi connectivity index (χ0v) is 13.9. The van der Waals surface area contributed by atoms with Crippen molar-refractivity contribution >= 4 is 5.91 Å². The maximum atomic E-state index is 13.7. The smallest absolute Gasteiger partial charge is 0.224 e. The second kappa shape index (κ2) is 8.55. The Morgan fingerprint density at radius 1 is 1.25 bits per heavy atom. The first-order chi connectivity index (χ1) is 11.7. The van der Waals surface area contributed by atoms with E-state index in [1.54, 1.807) is 18.2 Å². The van der Waals surface area contributed by atoms with Crippen LogP contribution in [0.5, 0.6) is 0 Å². The van der Waals surface area contributed by atoms with Crippen LogP contribution in [-0.2, 0) is 20.7 Å². The molecule has 2 aliphatic rings. The number of carbonyl (C=O) groups excluding carboxylic acids is 1. The molecule has 3 rings (SSSR count). The van der Waals surface area contributed by atoms with Gasteiger partial charge in [0.05, 0.1) is 26.2 Å². The van der Waals surface area contributed by atoms with Crippen LogP contribution < -0.4 is 5.32 Å². The van der Waals surface area contributed by atoms with Crippen molar-refractivity contribution in [3.63, 3.8) is 0 Å². The van der Waals surface area contributed by atoms with Crippen LogP contribution in [0, 0.1) is 11.7 Å². The fourth-order valence-electron chi connectivity index (χ4n) is 3.45. The molecule has 5 nitrogen and oxygen atoms in total. The third-order valence-electron chi connectivity index (χ3n) is 4.84. The second-order valence-corrected chi connectivity index (χ2v) is 6.41. The number of hydrogen-bond donors (Lipinski definition) is 1. The maximum Gasteiger partial charge on any atom is 0.224 e. The van der Waals surface area contributed by atoms with Crippen molar-refractivity contribution in [2.75, 3.05) is 46.1 Å². The molecule has 0 unspecified atom stereocenters. The van der Waals surface area contributed by atoms with Gasteiger partial charge in [-0.3, -0.25) is 9.69 Å². The highest BCUT2D eigenvalue weighted by Crippen LogP contribution is 2.22. The van der Waals surface area contributed by atoms with Crippen molar-refractivity contribution < 1.29 is 18.7 Å². The fraction of sp³-hybridized carbons (Fsp3) is 0.611. The van der Waals surface area contributed by atoms with Gasteiger partial charge in [-0.15, -0.1) is 0 Å². The van der Waals surface area contributed by atoms with Crippen molar-refractivity contribution in [2.45, 2.75) is 18.9 Å². The average molecular weight is 336 g/mol. The molecule has 0 bridgehead atoms. The van der Waals surface area contributed by atoms with E-state index < -0.39 is 0 Å². The molecule has 0 aliphatic carbocycles. The van der Waals surface area contributed by atoms with Crippen molar-refractivity contribution in [1.29, 1.82) is 0 Å². The molecule has 1 N–H and O–H groups in total. The lowest BCUT2D eigenvalue weighted by molar-refractivity contribution is -0.121. The average Bonchev–Trinajstić information content (AvgIpc) is 3.12. The Kier molecular flexibility index (Phi) is 6.18. The van der Waals surface area contributed by atoms with Crippen LogP contribution in [0.25, 0.3) is 0 Å². The Morgan fingerprint density at radius 2 is 2.04 bits per heavy atom. The lowest BCUT2D eigenvalue weighted by Crippen LogP contribution is -2.52. The molecule has 6 heteroatoms. The van der Waals surface area contributed by atoms with Gasteiger partial charge in [-0.2, -0.15) is 0 Å². The summed E-state index contributed by atoms with van der Waals surface area (Å²) in [5.74, 6) is -0.0456. The van der Waals surface area contributed by atoms with Crippen LogP contribution in [0.3, 0.4) is 0 Å². The second-order valence-electron chi connectivity index (χ2n) is 6.41. The van der Waals surface area contributed by atoms with E-state index in [9.17, 15) is 9.18 Å². The molecule has 1 aromatic carbocycles. The van der Waals surface area contributed by atoms with Gasteiger partial charge in [-0.1, -0.05) is 18.2 Å². The number of hydrogen-bond acceptors (Lipinski definition) is 4. The number of halogens is 1. The molecule has 0 spiro atoms. The minimum atomic E-state index is -0.332. The molecule has 2 heterocycles. The summed E-state index contributed by atoms with van der Waals surface area (Å²) in [5.41, 5.74) is 0.433. The number of nitrogens with one attached hydrogen (secondary N) is 1. The molecule has 24 heavy (non-hydrogen) atoms. The van der Waals surface area contributed by atoms with Crippen molar-refractivity contribution in [3.8, 4) is 0 Å². The molecule has 2 atom stereocenters. The molecule has 0 radical (unpaired) electrons. The molecule has 2 saturated heterocycles. The van der Waals surface area contributed by atoms with Gasteiger partial charge in [0.1, 0.15) is 5.82 Å². The SMILES string of the molecule is O=C(Cc1ccccc1F)NC[C@H]([C@H]1CCOC1)N1CCOCC1. The lowest BCUT2D eigenvalue weighted by atomic mass is 9.96. The largest absolute Gasteiger partial charge is 0.381 e. The van der Waals surface area contributed by atoms with Crippen molar-refractivity contribution in [1.82, 2.24) is 10.2 Å². The van der Waals surface area contributed by atoms with E-state index >= 15 is 0 Å². The van der Waals surface area contributed by atoms with E-state index in [1.165, 1.54) is 6.07 Å². The summed E-state index contributed by atoms with van der Waals surface area (Å²) in [6, 6.07) is 6.67. The van der Waals surface area contributed by atoms with Gasteiger partial charge in [0, 0.05) is 38.2 Å². The van der Waals surface area contributed by atoms with Crippen LogP contribution in [0.15, 0.2) is 24.3 Å². The summed E-state index contributed by atoms with van der Waals surface area (Å²) in [6.07, 6.45) is 1.09. The first kappa shape index (κ1) is 17.3. The zero-order valence-electron chi connectivity index (χ0n) is 13.9. The monoisotopic (exact) mass is 336 g/mol. The number of rotatable bonds is 6. The predicted molar refractivity (Wildman–Crippen MR) is 88.2 cm³/mol. The van der Waals surface area contributed by atoms with Crippen LogP contribution in [0.2, 0.25) is 0 Å². The molecule has 1 aromatic rings. The molecule has 2 aliphatic heterocycles. The van der Waals surface area contributed by atoms with Gasteiger partial charge in [-0.25, -0.2) is 4.39 Å². The Morgan fingerprint density at radius 3 is 2.75 bits per heavy atom. The summed E-state index contributed by atoms with van der Waals surface area (Å²) >= 11 is 0. The van der Waals surface area contributed by atoms with Gasteiger partial charge in [0.2, 0.25) is 5.91 Å². The van der Waals surface area contributed by atoms with E-state index in [0.29, 0.717) is 18.0 Å². The Balaban J connectivity index is 1.56. The van der Waals surface area contributed by atoms with Gasteiger partial charge in [-0.05, 0) is 18.1 Å². The van der Waals surface area contributed by atoms with Crippen molar-refractivity contribution in [3.05, 3.63) is 35.6 Å².